The molecule has 7 nitrogen and oxygen atoms in total. The fraction of sp³-hybridized carbons (Fsp3) is 0.682. The van der Waals surface area contributed by atoms with Crippen molar-refractivity contribution in [3.8, 4) is 5.75 Å². The van der Waals surface area contributed by atoms with E-state index in [4.69, 9.17) is 9.47 Å². The van der Waals surface area contributed by atoms with Crippen molar-refractivity contribution in [3.63, 3.8) is 0 Å². The van der Waals surface area contributed by atoms with Crippen molar-refractivity contribution < 1.29 is 22.7 Å². The maximum Gasteiger partial charge on any atom is 0.261 e. The zero-order chi connectivity index (χ0) is 21.3. The van der Waals surface area contributed by atoms with E-state index in [2.05, 4.69) is 19.2 Å². The third-order valence-electron chi connectivity index (χ3n) is 6.38. The number of piperidine rings is 1. The van der Waals surface area contributed by atoms with Crippen LogP contribution in [0.25, 0.3) is 0 Å². The molecule has 166 valence electrons. The number of fused-ring (bicyclic) bond motifs is 1. The average Bonchev–Trinajstić information content (AvgIpc) is 3.15. The van der Waals surface area contributed by atoms with Crippen molar-refractivity contribution in [2.75, 3.05) is 32.8 Å². The molecular formula is C22H32N2O5S. The maximum atomic E-state index is 13.2. The Bertz CT molecular complexity index is 872. The minimum Gasteiger partial charge on any atom is -0.480 e. The fourth-order valence-electron chi connectivity index (χ4n) is 4.79. The summed E-state index contributed by atoms with van der Waals surface area (Å²) in [4.78, 5) is 12.9. The minimum atomic E-state index is -3.55. The van der Waals surface area contributed by atoms with Crippen LogP contribution in [-0.2, 0) is 26.0 Å². The highest BCUT2D eigenvalue weighted by Crippen LogP contribution is 2.33. The summed E-state index contributed by atoms with van der Waals surface area (Å²) < 4.78 is 39.1. The van der Waals surface area contributed by atoms with Gasteiger partial charge in [-0.15, -0.1) is 0 Å². The number of ether oxygens (including phenoxy) is 2. The molecule has 4 rings (SSSR count). The van der Waals surface area contributed by atoms with Crippen LogP contribution < -0.4 is 10.1 Å². The van der Waals surface area contributed by atoms with Gasteiger partial charge in [-0.1, -0.05) is 13.8 Å². The SMILES string of the molecule is CC1CC(C)CN(S(=O)(=O)c2ccc3c(c2)CC(C(=O)NCC2CCOCC2)O3)C1. The molecule has 0 aliphatic carbocycles. The first-order chi connectivity index (χ1) is 14.3. The van der Waals surface area contributed by atoms with E-state index in [0.717, 1.165) is 38.0 Å². The molecule has 3 aliphatic rings. The van der Waals surface area contributed by atoms with Gasteiger partial charge in [-0.05, 0) is 60.8 Å². The van der Waals surface area contributed by atoms with Crippen LogP contribution in [0.4, 0.5) is 0 Å². The zero-order valence-corrected chi connectivity index (χ0v) is 18.6. The molecule has 0 bridgehead atoms. The number of carbonyl (C=O) groups is 1. The van der Waals surface area contributed by atoms with Gasteiger partial charge in [-0.2, -0.15) is 4.31 Å². The lowest BCUT2D eigenvalue weighted by Crippen LogP contribution is -2.42. The van der Waals surface area contributed by atoms with Gasteiger partial charge in [-0.25, -0.2) is 8.42 Å². The number of hydrogen-bond acceptors (Lipinski definition) is 5. The van der Waals surface area contributed by atoms with Crippen LogP contribution in [0.15, 0.2) is 23.1 Å². The lowest BCUT2D eigenvalue weighted by atomic mass is 9.94. The molecule has 1 amide bonds. The van der Waals surface area contributed by atoms with E-state index in [1.54, 1.807) is 22.5 Å². The normalized spacial score (nSPS) is 28.0. The Labute approximate surface area is 179 Å². The first-order valence-corrected chi connectivity index (χ1v) is 12.4. The third kappa shape index (κ3) is 4.65. The molecule has 8 heteroatoms. The highest BCUT2D eigenvalue weighted by Gasteiger charge is 2.34. The number of nitrogens with zero attached hydrogens (tertiary/aromatic N) is 1. The van der Waals surface area contributed by atoms with E-state index in [0.29, 0.717) is 49.6 Å². The van der Waals surface area contributed by atoms with Crippen LogP contribution in [0.1, 0.15) is 38.7 Å². The summed E-state index contributed by atoms with van der Waals surface area (Å²) in [5.74, 6) is 1.61. The zero-order valence-electron chi connectivity index (χ0n) is 17.8. The van der Waals surface area contributed by atoms with Gasteiger partial charge in [0.05, 0.1) is 4.90 Å². The van der Waals surface area contributed by atoms with Gasteiger partial charge in [0.1, 0.15) is 5.75 Å². The van der Waals surface area contributed by atoms with E-state index in [1.165, 1.54) is 0 Å². The molecule has 2 fully saturated rings. The van der Waals surface area contributed by atoms with E-state index >= 15 is 0 Å². The number of rotatable bonds is 5. The molecule has 30 heavy (non-hydrogen) atoms. The lowest BCUT2D eigenvalue weighted by Gasteiger charge is -2.34. The van der Waals surface area contributed by atoms with Gasteiger partial charge in [0.25, 0.3) is 5.91 Å². The van der Waals surface area contributed by atoms with Gasteiger partial charge in [-0.3, -0.25) is 4.79 Å². The van der Waals surface area contributed by atoms with E-state index in [9.17, 15) is 13.2 Å². The lowest BCUT2D eigenvalue weighted by molar-refractivity contribution is -0.127. The van der Waals surface area contributed by atoms with E-state index < -0.39 is 16.1 Å². The molecule has 0 aromatic heterocycles. The molecule has 1 aromatic carbocycles. The molecule has 3 heterocycles. The van der Waals surface area contributed by atoms with Gasteiger partial charge in [0.15, 0.2) is 6.10 Å². The van der Waals surface area contributed by atoms with Gasteiger partial charge >= 0.3 is 0 Å². The second kappa shape index (κ2) is 8.85. The van der Waals surface area contributed by atoms with E-state index in [-0.39, 0.29) is 10.8 Å². The molecule has 0 saturated carbocycles. The number of benzene rings is 1. The van der Waals surface area contributed by atoms with Crippen molar-refractivity contribution >= 4 is 15.9 Å². The predicted octanol–water partition coefficient (Wildman–Crippen LogP) is 2.20. The fourth-order valence-corrected chi connectivity index (χ4v) is 6.52. The topological polar surface area (TPSA) is 84.9 Å². The quantitative estimate of drug-likeness (QED) is 0.765. The number of nitrogens with one attached hydrogen (secondary N) is 1. The summed E-state index contributed by atoms with van der Waals surface area (Å²) in [6.07, 6.45) is 2.76. The van der Waals surface area contributed by atoms with Crippen molar-refractivity contribution in [3.05, 3.63) is 23.8 Å². The molecule has 0 spiro atoms. The predicted molar refractivity (Wildman–Crippen MR) is 113 cm³/mol. The second-order valence-electron chi connectivity index (χ2n) is 9.15. The number of amides is 1. The van der Waals surface area contributed by atoms with Gasteiger partial charge in [0.2, 0.25) is 10.0 Å². The van der Waals surface area contributed by atoms with Crippen LogP contribution >= 0.6 is 0 Å². The van der Waals surface area contributed by atoms with Gasteiger partial charge < -0.3 is 14.8 Å². The molecule has 3 unspecified atom stereocenters. The third-order valence-corrected chi connectivity index (χ3v) is 8.21. The largest absolute Gasteiger partial charge is 0.480 e. The van der Waals surface area contributed by atoms with Crippen LogP contribution in [0.3, 0.4) is 0 Å². The van der Waals surface area contributed by atoms with E-state index in [1.807, 2.05) is 0 Å². The number of hydrogen-bond donors (Lipinski definition) is 1. The Morgan fingerprint density at radius 2 is 1.87 bits per heavy atom. The Morgan fingerprint density at radius 3 is 2.57 bits per heavy atom. The van der Waals surface area contributed by atoms with Crippen LogP contribution in [-0.4, -0.2) is 57.6 Å². The molecule has 3 atom stereocenters. The Balaban J connectivity index is 1.40. The molecule has 1 N–H and O–H groups in total. The molecule has 1 aromatic rings. The summed E-state index contributed by atoms with van der Waals surface area (Å²) in [6, 6.07) is 4.96. The highest BCUT2D eigenvalue weighted by molar-refractivity contribution is 7.89. The Morgan fingerprint density at radius 1 is 1.17 bits per heavy atom. The number of sulfonamides is 1. The second-order valence-corrected chi connectivity index (χ2v) is 11.1. The van der Waals surface area contributed by atoms with Crippen molar-refractivity contribution in [1.29, 1.82) is 0 Å². The van der Waals surface area contributed by atoms with Crippen LogP contribution in [0.5, 0.6) is 5.75 Å². The first kappa shape index (κ1) is 21.6. The first-order valence-electron chi connectivity index (χ1n) is 11.0. The van der Waals surface area contributed by atoms with Crippen molar-refractivity contribution in [1.82, 2.24) is 9.62 Å². The van der Waals surface area contributed by atoms with Crippen LogP contribution in [0, 0.1) is 17.8 Å². The minimum absolute atomic E-state index is 0.138. The maximum absolute atomic E-state index is 13.2. The average molecular weight is 437 g/mol. The number of carbonyl (C=O) groups excluding carboxylic acids is 1. The smallest absolute Gasteiger partial charge is 0.261 e. The van der Waals surface area contributed by atoms with Crippen molar-refractivity contribution in [2.24, 2.45) is 17.8 Å². The van der Waals surface area contributed by atoms with Crippen molar-refractivity contribution in [2.45, 2.75) is 50.5 Å². The Hall–Kier alpha value is -1.64. The molecular weight excluding hydrogens is 404 g/mol. The summed E-state index contributed by atoms with van der Waals surface area (Å²) >= 11 is 0. The summed E-state index contributed by atoms with van der Waals surface area (Å²) in [7, 11) is -3.55. The van der Waals surface area contributed by atoms with Crippen LogP contribution in [0.2, 0.25) is 0 Å². The Kier molecular flexibility index (Phi) is 6.36. The summed E-state index contributed by atoms with van der Waals surface area (Å²) in [6.45, 7) is 7.42. The molecule has 0 radical (unpaired) electrons. The monoisotopic (exact) mass is 436 g/mol. The van der Waals surface area contributed by atoms with Gasteiger partial charge in [0, 0.05) is 39.3 Å². The summed E-state index contributed by atoms with van der Waals surface area (Å²) in [5.41, 5.74) is 0.778. The molecule has 3 aliphatic heterocycles. The highest BCUT2D eigenvalue weighted by atomic mass is 32.2. The summed E-state index contributed by atoms with van der Waals surface area (Å²) in [5, 5.41) is 2.99. The molecule has 2 saturated heterocycles. The standard InChI is InChI=1S/C22H32N2O5S/c1-15-9-16(2)14-24(13-15)30(26,27)19-3-4-20-18(10-19)11-21(29-20)22(25)23-12-17-5-7-28-8-6-17/h3-4,10,15-17,21H,5-9,11-14H2,1-2H3,(H,23,25).